The third kappa shape index (κ3) is 6.59. The van der Waals surface area contributed by atoms with Gasteiger partial charge in [0.2, 0.25) is 5.91 Å². The van der Waals surface area contributed by atoms with Crippen molar-refractivity contribution in [2.24, 2.45) is 5.92 Å². The zero-order valence-electron chi connectivity index (χ0n) is 15.5. The van der Waals surface area contributed by atoms with Gasteiger partial charge < -0.3 is 14.8 Å². The zero-order chi connectivity index (χ0) is 18.9. The van der Waals surface area contributed by atoms with Gasteiger partial charge in [0.15, 0.2) is 0 Å². The Morgan fingerprint density at radius 1 is 1.00 bits per heavy atom. The van der Waals surface area contributed by atoms with E-state index < -0.39 is 0 Å². The molecule has 0 fully saturated rings. The fourth-order valence-electron chi connectivity index (χ4n) is 2.13. The first-order chi connectivity index (χ1) is 12.4. The first-order valence-corrected chi connectivity index (χ1v) is 8.70. The van der Waals surface area contributed by atoms with Crippen LogP contribution in [0.5, 0.6) is 5.75 Å². The summed E-state index contributed by atoms with van der Waals surface area (Å²) >= 11 is 0. The molecular weight excluding hydrogens is 330 g/mol. The smallest absolute Gasteiger partial charge is 0.338 e. The lowest BCUT2D eigenvalue weighted by Gasteiger charge is -2.09. The molecule has 2 aromatic carbocycles. The van der Waals surface area contributed by atoms with Crippen LogP contribution in [0.4, 0.5) is 5.69 Å². The van der Waals surface area contributed by atoms with Gasteiger partial charge in [0, 0.05) is 5.69 Å². The molecule has 0 atom stereocenters. The van der Waals surface area contributed by atoms with Gasteiger partial charge in [0.05, 0.1) is 25.2 Å². The molecule has 0 aliphatic heterocycles. The van der Waals surface area contributed by atoms with Crippen LogP contribution in [0.15, 0.2) is 48.5 Å². The summed E-state index contributed by atoms with van der Waals surface area (Å²) in [5.74, 6) is 0.530. The number of amides is 1. The highest BCUT2D eigenvalue weighted by Crippen LogP contribution is 2.13. The Hall–Kier alpha value is -2.82. The van der Waals surface area contributed by atoms with Crippen molar-refractivity contribution < 1.29 is 19.1 Å². The van der Waals surface area contributed by atoms with Gasteiger partial charge in [-0.3, -0.25) is 4.79 Å². The molecule has 0 aliphatic carbocycles. The summed E-state index contributed by atoms with van der Waals surface area (Å²) < 4.78 is 10.7. The number of hydrogen-bond acceptors (Lipinski definition) is 4. The largest absolute Gasteiger partial charge is 0.493 e. The van der Waals surface area contributed by atoms with Gasteiger partial charge in [-0.05, 0) is 49.2 Å². The molecule has 1 N–H and O–H groups in total. The van der Waals surface area contributed by atoms with Gasteiger partial charge >= 0.3 is 5.97 Å². The highest BCUT2D eigenvalue weighted by atomic mass is 16.5. The van der Waals surface area contributed by atoms with E-state index in [0.717, 1.165) is 11.3 Å². The van der Waals surface area contributed by atoms with Gasteiger partial charge in [-0.1, -0.05) is 31.5 Å². The van der Waals surface area contributed by atoms with E-state index in [4.69, 9.17) is 9.47 Å². The van der Waals surface area contributed by atoms with Crippen molar-refractivity contribution in [3.8, 4) is 5.75 Å². The van der Waals surface area contributed by atoms with E-state index >= 15 is 0 Å². The van der Waals surface area contributed by atoms with Crippen molar-refractivity contribution in [3.05, 3.63) is 59.7 Å². The van der Waals surface area contributed by atoms with Crippen molar-refractivity contribution in [2.45, 2.75) is 27.2 Å². The first kappa shape index (κ1) is 19.5. The van der Waals surface area contributed by atoms with Gasteiger partial charge in [-0.15, -0.1) is 0 Å². The summed E-state index contributed by atoms with van der Waals surface area (Å²) in [6.45, 7) is 6.66. The molecule has 26 heavy (non-hydrogen) atoms. The number of ether oxygens (including phenoxy) is 2. The number of carbonyl (C=O) groups is 2. The molecule has 5 heteroatoms. The molecule has 1 amide bonds. The standard InChI is InChI=1S/C21H25NO4/c1-15(2)14-26-21(24)17-6-8-18(9-7-17)22-20(23)12-13-25-19-10-4-16(3)5-11-19/h4-11,15H,12-14H2,1-3H3,(H,22,23). The summed E-state index contributed by atoms with van der Waals surface area (Å²) in [4.78, 5) is 23.8. The van der Waals surface area contributed by atoms with Crippen LogP contribution in [-0.4, -0.2) is 25.1 Å². The summed E-state index contributed by atoms with van der Waals surface area (Å²) in [6, 6.07) is 14.3. The Bertz CT molecular complexity index is 721. The van der Waals surface area contributed by atoms with E-state index in [2.05, 4.69) is 5.32 Å². The Balaban J connectivity index is 1.76. The minimum absolute atomic E-state index is 0.146. The third-order valence-corrected chi connectivity index (χ3v) is 3.57. The first-order valence-electron chi connectivity index (χ1n) is 8.70. The molecule has 138 valence electrons. The molecule has 0 spiro atoms. The van der Waals surface area contributed by atoms with E-state index in [0.29, 0.717) is 30.4 Å². The zero-order valence-corrected chi connectivity index (χ0v) is 15.5. The molecule has 0 radical (unpaired) electrons. The SMILES string of the molecule is Cc1ccc(OCCC(=O)Nc2ccc(C(=O)OCC(C)C)cc2)cc1. The number of anilines is 1. The van der Waals surface area contributed by atoms with Crippen molar-refractivity contribution in [1.29, 1.82) is 0 Å². The molecule has 0 saturated carbocycles. The highest BCUT2D eigenvalue weighted by Gasteiger charge is 2.09. The Kier molecular flexibility index (Phi) is 7.21. The molecule has 2 aromatic rings. The quantitative estimate of drug-likeness (QED) is 0.720. The molecule has 0 saturated heterocycles. The molecule has 5 nitrogen and oxygen atoms in total. The van der Waals surface area contributed by atoms with Crippen LogP contribution in [-0.2, 0) is 9.53 Å². The lowest BCUT2D eigenvalue weighted by atomic mass is 10.2. The van der Waals surface area contributed by atoms with E-state index in [1.54, 1.807) is 24.3 Å². The average Bonchev–Trinajstić information content (AvgIpc) is 2.62. The molecule has 2 rings (SSSR count). The number of nitrogens with one attached hydrogen (secondary N) is 1. The summed E-state index contributed by atoms with van der Waals surface area (Å²) in [5.41, 5.74) is 2.25. The van der Waals surface area contributed by atoms with Gasteiger partial charge in [-0.25, -0.2) is 4.79 Å². The van der Waals surface area contributed by atoms with E-state index in [1.165, 1.54) is 0 Å². The lowest BCUT2D eigenvalue weighted by molar-refractivity contribution is -0.116. The number of rotatable bonds is 8. The molecule has 0 unspecified atom stereocenters. The van der Waals surface area contributed by atoms with E-state index in [1.807, 2.05) is 45.0 Å². The maximum Gasteiger partial charge on any atom is 0.338 e. The Morgan fingerprint density at radius 2 is 1.65 bits per heavy atom. The predicted octanol–water partition coefficient (Wildman–Crippen LogP) is 4.22. The van der Waals surface area contributed by atoms with Crippen LogP contribution in [0.1, 0.15) is 36.2 Å². The van der Waals surface area contributed by atoms with Crippen molar-refractivity contribution in [3.63, 3.8) is 0 Å². The monoisotopic (exact) mass is 355 g/mol. The maximum absolute atomic E-state index is 12.0. The summed E-state index contributed by atoms with van der Waals surface area (Å²) in [5, 5.41) is 2.78. The highest BCUT2D eigenvalue weighted by molar-refractivity contribution is 5.93. The fraction of sp³-hybridized carbons (Fsp3) is 0.333. The minimum atomic E-state index is -0.358. The Morgan fingerprint density at radius 3 is 2.27 bits per heavy atom. The summed E-state index contributed by atoms with van der Waals surface area (Å²) in [7, 11) is 0. The normalized spacial score (nSPS) is 10.5. The minimum Gasteiger partial charge on any atom is -0.493 e. The second-order valence-corrected chi connectivity index (χ2v) is 6.53. The van der Waals surface area contributed by atoms with E-state index in [-0.39, 0.29) is 18.3 Å². The summed E-state index contributed by atoms with van der Waals surface area (Å²) in [6.07, 6.45) is 0.242. The third-order valence-electron chi connectivity index (χ3n) is 3.57. The second-order valence-electron chi connectivity index (χ2n) is 6.53. The van der Waals surface area contributed by atoms with Crippen molar-refractivity contribution in [1.82, 2.24) is 0 Å². The number of esters is 1. The number of carbonyl (C=O) groups excluding carboxylic acids is 2. The molecule has 0 heterocycles. The predicted molar refractivity (Wildman–Crippen MR) is 101 cm³/mol. The van der Waals surface area contributed by atoms with Gasteiger partial charge in [0.1, 0.15) is 5.75 Å². The van der Waals surface area contributed by atoms with Crippen molar-refractivity contribution in [2.75, 3.05) is 18.5 Å². The van der Waals surface area contributed by atoms with Gasteiger partial charge in [0.25, 0.3) is 0 Å². The van der Waals surface area contributed by atoms with Crippen LogP contribution in [0.25, 0.3) is 0 Å². The molecular formula is C21H25NO4. The molecule has 0 aliphatic rings. The topological polar surface area (TPSA) is 64.6 Å². The van der Waals surface area contributed by atoms with Crippen LogP contribution in [0.3, 0.4) is 0 Å². The maximum atomic E-state index is 12.0. The number of aryl methyl sites for hydroxylation is 1. The Labute approximate surface area is 154 Å². The fourth-order valence-corrected chi connectivity index (χ4v) is 2.13. The molecule has 0 bridgehead atoms. The van der Waals surface area contributed by atoms with E-state index in [9.17, 15) is 9.59 Å². The van der Waals surface area contributed by atoms with Crippen LogP contribution >= 0.6 is 0 Å². The van der Waals surface area contributed by atoms with Crippen molar-refractivity contribution >= 4 is 17.6 Å². The second kappa shape index (κ2) is 9.61. The van der Waals surface area contributed by atoms with Gasteiger partial charge in [-0.2, -0.15) is 0 Å². The van der Waals surface area contributed by atoms with Crippen LogP contribution in [0.2, 0.25) is 0 Å². The number of benzene rings is 2. The van der Waals surface area contributed by atoms with Crippen LogP contribution in [0, 0.1) is 12.8 Å². The average molecular weight is 355 g/mol. The lowest BCUT2D eigenvalue weighted by Crippen LogP contribution is -2.15. The van der Waals surface area contributed by atoms with Crippen LogP contribution < -0.4 is 10.1 Å². The molecule has 0 aromatic heterocycles. The number of hydrogen-bond donors (Lipinski definition) is 1.